The predicted octanol–water partition coefficient (Wildman–Crippen LogP) is 6.68. The van der Waals surface area contributed by atoms with E-state index < -0.39 is 11.9 Å². The highest BCUT2D eigenvalue weighted by Crippen LogP contribution is 2.59. The maximum absolute atomic E-state index is 12.6. The number of allylic oxidation sites excluding steroid dienone is 2. The summed E-state index contributed by atoms with van der Waals surface area (Å²) in [5.41, 5.74) is 5.17. The maximum Gasteiger partial charge on any atom is 0.365 e. The number of fused-ring (bicyclic) bond motifs is 1. The van der Waals surface area contributed by atoms with Crippen LogP contribution in [0.4, 0.5) is 0 Å². The first kappa shape index (κ1) is 24.0. The van der Waals surface area contributed by atoms with E-state index in [0.717, 1.165) is 37.0 Å². The number of oxime groups is 1. The van der Waals surface area contributed by atoms with Gasteiger partial charge in [-0.05, 0) is 97.2 Å². The Labute approximate surface area is 200 Å². The first-order valence-corrected chi connectivity index (χ1v) is 11.9. The number of rotatable bonds is 6. The molecule has 0 bridgehead atoms. The van der Waals surface area contributed by atoms with Gasteiger partial charge in [0.1, 0.15) is 0 Å². The average Bonchev–Trinajstić information content (AvgIpc) is 3.31. The Balaban J connectivity index is 1.63. The number of carbonyl (C=O) groups is 2. The number of aryl methyl sites for hydroxylation is 1. The van der Waals surface area contributed by atoms with Crippen LogP contribution in [0.2, 0.25) is 0 Å². The first-order valence-electron chi connectivity index (χ1n) is 11.9. The van der Waals surface area contributed by atoms with E-state index in [0.29, 0.717) is 5.92 Å². The summed E-state index contributed by atoms with van der Waals surface area (Å²) in [6.45, 7) is 9.19. The summed E-state index contributed by atoms with van der Waals surface area (Å²) >= 11 is 0. The number of hydrogen-bond acceptors (Lipinski definition) is 5. The number of hydrogen-bond donors (Lipinski definition) is 1. The van der Waals surface area contributed by atoms with Crippen molar-refractivity contribution < 1.29 is 24.0 Å². The highest BCUT2D eigenvalue weighted by atomic mass is 16.7. The Hall–Kier alpha value is -3.15. The third-order valence-electron chi connectivity index (χ3n) is 8.05. The number of nitrogens with zero attached hydrogens (tertiary/aromatic N) is 1. The van der Waals surface area contributed by atoms with Crippen molar-refractivity contribution in [1.82, 2.24) is 0 Å². The van der Waals surface area contributed by atoms with E-state index in [4.69, 9.17) is 14.4 Å². The van der Waals surface area contributed by atoms with Gasteiger partial charge in [-0.25, -0.2) is 9.59 Å². The second kappa shape index (κ2) is 9.24. The molecular formula is C28H33NO5. The summed E-state index contributed by atoms with van der Waals surface area (Å²) < 4.78 is 5.26. The summed E-state index contributed by atoms with van der Waals surface area (Å²) in [7, 11) is 0. The van der Waals surface area contributed by atoms with Gasteiger partial charge < -0.3 is 14.4 Å². The molecule has 0 spiro atoms. The lowest BCUT2D eigenvalue weighted by molar-refractivity contribution is 0.0248. The van der Waals surface area contributed by atoms with Gasteiger partial charge in [0.2, 0.25) is 0 Å². The monoisotopic (exact) mass is 463 g/mol. The molecule has 0 aliphatic heterocycles. The van der Waals surface area contributed by atoms with Gasteiger partial charge in [-0.1, -0.05) is 37.9 Å². The topological polar surface area (TPSA) is 89.1 Å². The normalized spacial score (nSPS) is 25.2. The number of furan rings is 1. The van der Waals surface area contributed by atoms with Crippen molar-refractivity contribution in [2.24, 2.45) is 21.9 Å². The molecule has 34 heavy (non-hydrogen) atoms. The van der Waals surface area contributed by atoms with Gasteiger partial charge in [0, 0.05) is 0 Å². The van der Waals surface area contributed by atoms with Crippen LogP contribution in [0.1, 0.15) is 86.1 Å². The average molecular weight is 464 g/mol. The molecule has 2 aliphatic rings. The van der Waals surface area contributed by atoms with Crippen molar-refractivity contribution in [3.05, 3.63) is 70.7 Å². The van der Waals surface area contributed by atoms with Crippen LogP contribution in [0.3, 0.4) is 0 Å². The molecule has 2 aliphatic carbocycles. The number of aromatic carboxylic acids is 1. The van der Waals surface area contributed by atoms with Crippen LogP contribution in [-0.4, -0.2) is 22.8 Å². The van der Waals surface area contributed by atoms with Gasteiger partial charge in [-0.3, -0.25) is 0 Å². The Kier molecular flexibility index (Phi) is 6.52. The molecule has 0 radical (unpaired) electrons. The maximum atomic E-state index is 12.6. The van der Waals surface area contributed by atoms with E-state index in [1.165, 1.54) is 48.2 Å². The number of carboxylic acid groups (broad SMARTS) is 1. The third-order valence-corrected chi connectivity index (χ3v) is 8.05. The van der Waals surface area contributed by atoms with Crippen molar-refractivity contribution in [3.63, 3.8) is 0 Å². The molecule has 2 atom stereocenters. The molecule has 6 nitrogen and oxygen atoms in total. The van der Waals surface area contributed by atoms with E-state index >= 15 is 0 Å². The molecule has 0 saturated heterocycles. The fourth-order valence-electron chi connectivity index (χ4n) is 6.11. The summed E-state index contributed by atoms with van der Waals surface area (Å²) in [4.78, 5) is 29.0. The van der Waals surface area contributed by atoms with E-state index in [2.05, 4.69) is 32.9 Å². The lowest BCUT2D eigenvalue weighted by atomic mass is 9.49. The molecule has 1 N–H and O–H groups in total. The minimum atomic E-state index is -1.04. The lowest BCUT2D eigenvalue weighted by Gasteiger charge is -2.55. The van der Waals surface area contributed by atoms with Gasteiger partial charge in [-0.2, -0.15) is 0 Å². The number of benzene rings is 1. The van der Waals surface area contributed by atoms with Crippen molar-refractivity contribution in [2.75, 3.05) is 0 Å². The summed E-state index contributed by atoms with van der Waals surface area (Å²) in [6, 6.07) is 7.69. The molecule has 1 heterocycles. The van der Waals surface area contributed by atoms with Crippen LogP contribution in [-0.2, 0) is 11.3 Å². The smallest absolute Gasteiger partial charge is 0.365 e. The fourth-order valence-corrected chi connectivity index (χ4v) is 6.11. The first-order chi connectivity index (χ1) is 16.1. The van der Waals surface area contributed by atoms with Crippen LogP contribution >= 0.6 is 0 Å². The summed E-state index contributed by atoms with van der Waals surface area (Å²) in [5, 5.41) is 13.4. The molecule has 2 aromatic rings. The van der Waals surface area contributed by atoms with Crippen LogP contribution in [0.25, 0.3) is 0 Å². The Morgan fingerprint density at radius 2 is 1.79 bits per heavy atom. The molecule has 1 aromatic carbocycles. The van der Waals surface area contributed by atoms with Crippen LogP contribution in [0.5, 0.6) is 0 Å². The van der Waals surface area contributed by atoms with Crippen LogP contribution in [0, 0.1) is 16.7 Å². The van der Waals surface area contributed by atoms with Gasteiger partial charge in [0.05, 0.1) is 29.4 Å². The quantitative estimate of drug-likeness (QED) is 0.381. The van der Waals surface area contributed by atoms with Crippen molar-refractivity contribution in [2.45, 2.75) is 66.2 Å². The zero-order chi connectivity index (χ0) is 24.5. The van der Waals surface area contributed by atoms with E-state index in [1.54, 1.807) is 12.5 Å². The summed E-state index contributed by atoms with van der Waals surface area (Å²) in [6.07, 6.45) is 9.63. The van der Waals surface area contributed by atoms with E-state index in [9.17, 15) is 9.59 Å². The minimum Gasteiger partial charge on any atom is -0.478 e. The largest absolute Gasteiger partial charge is 0.478 e. The highest BCUT2D eigenvalue weighted by molar-refractivity contribution is 6.02. The van der Waals surface area contributed by atoms with Crippen molar-refractivity contribution >= 4 is 17.7 Å². The molecule has 1 saturated carbocycles. The Bertz CT molecular complexity index is 1120. The standard InChI is InChI=1S/C28H33NO5/c1-18-22(11-6-19-12-15-33-17-19)28(4)14-5-13-27(2,3)24(28)16-23(18)29-34-26(32)21-9-7-20(8-10-21)25(30)31/h7-10,12,15,17,24H,5-6,11,13-14,16H2,1-4H3,(H,30,31)/b29-23-/t24-,28+/m0/s1. The summed E-state index contributed by atoms with van der Waals surface area (Å²) in [5.74, 6) is -1.22. The SMILES string of the molecule is CC1=C(CCc2ccoc2)[C@@]2(C)CCCC(C)(C)[C@@H]2C/C1=N/OC(=O)c1ccc(C(=O)O)cc1. The second-order valence-corrected chi connectivity index (χ2v) is 10.6. The molecule has 180 valence electrons. The van der Waals surface area contributed by atoms with Gasteiger partial charge >= 0.3 is 11.9 Å². The molecule has 0 unspecified atom stereocenters. The Morgan fingerprint density at radius 3 is 2.44 bits per heavy atom. The minimum absolute atomic E-state index is 0.0886. The second-order valence-electron chi connectivity index (χ2n) is 10.6. The van der Waals surface area contributed by atoms with Crippen molar-refractivity contribution in [1.29, 1.82) is 0 Å². The fraction of sp³-hybridized carbons (Fsp3) is 0.464. The zero-order valence-electron chi connectivity index (χ0n) is 20.4. The van der Waals surface area contributed by atoms with E-state index in [-0.39, 0.29) is 22.0 Å². The van der Waals surface area contributed by atoms with Gasteiger partial charge in [0.15, 0.2) is 0 Å². The highest BCUT2D eigenvalue weighted by Gasteiger charge is 2.51. The van der Waals surface area contributed by atoms with Gasteiger partial charge in [0.25, 0.3) is 0 Å². The zero-order valence-corrected chi connectivity index (χ0v) is 20.4. The van der Waals surface area contributed by atoms with Crippen LogP contribution < -0.4 is 0 Å². The molecule has 4 rings (SSSR count). The predicted molar refractivity (Wildman–Crippen MR) is 130 cm³/mol. The lowest BCUT2D eigenvalue weighted by Crippen LogP contribution is -2.47. The number of carbonyl (C=O) groups excluding carboxylic acids is 1. The van der Waals surface area contributed by atoms with Crippen molar-refractivity contribution in [3.8, 4) is 0 Å². The third kappa shape index (κ3) is 4.59. The Morgan fingerprint density at radius 1 is 1.09 bits per heavy atom. The van der Waals surface area contributed by atoms with E-state index in [1.807, 2.05) is 6.07 Å². The van der Waals surface area contributed by atoms with Gasteiger partial charge in [-0.15, -0.1) is 0 Å². The molecular weight excluding hydrogens is 430 g/mol. The molecule has 1 fully saturated rings. The molecule has 0 amide bonds. The molecule has 1 aromatic heterocycles. The molecule has 6 heteroatoms. The van der Waals surface area contributed by atoms with Crippen LogP contribution in [0.15, 0.2) is 63.6 Å². The number of carboxylic acids is 1.